The number of alkyl halides is 6. The van der Waals surface area contributed by atoms with E-state index >= 15 is 0 Å². The number of sulfone groups is 1. The molecule has 1 aliphatic carbocycles. The summed E-state index contributed by atoms with van der Waals surface area (Å²) in [7, 11) is -3.76. The van der Waals surface area contributed by atoms with Gasteiger partial charge >= 0.3 is 12.5 Å². The molecule has 10 nitrogen and oxygen atoms in total. The Balaban J connectivity index is 1.61. The monoisotopic (exact) mass is 626 g/mol. The van der Waals surface area contributed by atoms with Crippen LogP contribution < -0.4 is 15.4 Å². The second-order valence-electron chi connectivity index (χ2n) is 10.3. The summed E-state index contributed by atoms with van der Waals surface area (Å²) >= 11 is 0. The summed E-state index contributed by atoms with van der Waals surface area (Å²) in [5, 5.41) is 9.56. The van der Waals surface area contributed by atoms with Crippen LogP contribution in [0, 0.1) is 0 Å². The van der Waals surface area contributed by atoms with Crippen molar-refractivity contribution in [2.45, 2.75) is 63.1 Å². The van der Waals surface area contributed by atoms with Crippen molar-refractivity contribution in [2.75, 3.05) is 30.5 Å². The molecule has 1 atom stereocenters. The minimum atomic E-state index is -4.93. The number of fused-ring (bicyclic) bond motifs is 3. The average molecular weight is 627 g/mol. The van der Waals surface area contributed by atoms with E-state index in [1.54, 1.807) is 18.2 Å². The number of nitrogens with one attached hydrogen (secondary N) is 2. The fraction of sp³-hybridized carbons (Fsp3) is 0.560. The minimum Gasteiger partial charge on any atom is -0.494 e. The first-order chi connectivity index (χ1) is 19.4. The molecular formula is C25H28F6N4O6S. The number of ether oxygens (including phenoxy) is 2. The Morgan fingerprint density at radius 1 is 1.19 bits per heavy atom. The number of aromatic nitrogens is 2. The van der Waals surface area contributed by atoms with E-state index in [1.807, 2.05) is 0 Å². The molecule has 2 aromatic rings. The van der Waals surface area contributed by atoms with Crippen molar-refractivity contribution in [3.8, 4) is 5.75 Å². The molecule has 0 fully saturated rings. The van der Waals surface area contributed by atoms with Crippen LogP contribution in [-0.4, -0.2) is 67.8 Å². The maximum Gasteiger partial charge on any atom is 0.522 e. The SMILES string of the molecule is CS(=O)(=O)CC(=O)Nc1c2c(nn1CCOC(F)(F)F)C[C@]1(CCCc3cc(OCCCC(F)(F)F)ccc31)NC2=O. The molecule has 1 aromatic carbocycles. The van der Waals surface area contributed by atoms with Crippen molar-refractivity contribution in [3.05, 3.63) is 40.6 Å². The Kier molecular flexibility index (Phi) is 8.83. The van der Waals surface area contributed by atoms with Crippen LogP contribution in [0.1, 0.15) is 52.9 Å². The van der Waals surface area contributed by atoms with E-state index in [-0.39, 0.29) is 36.5 Å². The van der Waals surface area contributed by atoms with Gasteiger partial charge in [0.25, 0.3) is 5.91 Å². The van der Waals surface area contributed by atoms with Crippen LogP contribution in [0.5, 0.6) is 5.75 Å². The van der Waals surface area contributed by atoms with E-state index in [0.29, 0.717) is 25.0 Å². The predicted octanol–water partition coefficient (Wildman–Crippen LogP) is 3.64. The van der Waals surface area contributed by atoms with Crippen molar-refractivity contribution in [1.29, 1.82) is 0 Å². The largest absolute Gasteiger partial charge is 0.522 e. The Bertz CT molecular complexity index is 1460. The zero-order valence-electron chi connectivity index (χ0n) is 22.3. The van der Waals surface area contributed by atoms with Crippen LogP contribution in [0.2, 0.25) is 0 Å². The Morgan fingerprint density at radius 3 is 2.60 bits per heavy atom. The molecule has 232 valence electrons. The minimum absolute atomic E-state index is 0.105. The van der Waals surface area contributed by atoms with Gasteiger partial charge in [0.1, 0.15) is 22.9 Å². The predicted molar refractivity (Wildman–Crippen MR) is 136 cm³/mol. The normalized spacial score (nSPS) is 18.8. The summed E-state index contributed by atoms with van der Waals surface area (Å²) in [5.41, 5.74) is 0.653. The maximum absolute atomic E-state index is 13.5. The Morgan fingerprint density at radius 2 is 1.93 bits per heavy atom. The highest BCUT2D eigenvalue weighted by Crippen LogP contribution is 2.43. The number of carbonyl (C=O) groups is 2. The van der Waals surface area contributed by atoms with Crippen molar-refractivity contribution >= 4 is 27.5 Å². The molecule has 0 saturated heterocycles. The zero-order chi connectivity index (χ0) is 30.9. The van der Waals surface area contributed by atoms with Gasteiger partial charge < -0.3 is 15.4 Å². The van der Waals surface area contributed by atoms with Gasteiger partial charge in [0, 0.05) is 19.1 Å². The molecule has 2 N–H and O–H groups in total. The van der Waals surface area contributed by atoms with E-state index in [4.69, 9.17) is 4.74 Å². The number of aryl methyl sites for hydroxylation is 1. The summed E-state index contributed by atoms with van der Waals surface area (Å²) < 4.78 is 108. The summed E-state index contributed by atoms with van der Waals surface area (Å²) in [6.45, 7) is -1.53. The van der Waals surface area contributed by atoms with Crippen LogP contribution in [0.4, 0.5) is 32.2 Å². The van der Waals surface area contributed by atoms with Crippen LogP contribution in [-0.2, 0) is 44.3 Å². The van der Waals surface area contributed by atoms with Gasteiger partial charge in [-0.05, 0) is 48.9 Å². The van der Waals surface area contributed by atoms with Gasteiger partial charge in [-0.1, -0.05) is 6.07 Å². The average Bonchev–Trinajstić information content (AvgIpc) is 3.16. The van der Waals surface area contributed by atoms with Gasteiger partial charge in [-0.25, -0.2) is 13.1 Å². The molecule has 0 saturated carbocycles. The maximum atomic E-state index is 13.5. The fourth-order valence-corrected chi connectivity index (χ4v) is 5.80. The number of hydrogen-bond acceptors (Lipinski definition) is 7. The number of anilines is 1. The summed E-state index contributed by atoms with van der Waals surface area (Å²) in [5.74, 6) is -2.48. The van der Waals surface area contributed by atoms with Gasteiger partial charge in [-0.2, -0.15) is 18.3 Å². The Hall–Kier alpha value is -3.34. The van der Waals surface area contributed by atoms with E-state index in [2.05, 4.69) is 20.5 Å². The van der Waals surface area contributed by atoms with Crippen LogP contribution in [0.3, 0.4) is 0 Å². The van der Waals surface area contributed by atoms with Crippen molar-refractivity contribution in [1.82, 2.24) is 15.1 Å². The second kappa shape index (κ2) is 11.7. The first-order valence-corrected chi connectivity index (χ1v) is 14.9. The number of rotatable bonds is 10. The molecule has 0 unspecified atom stereocenters. The number of carbonyl (C=O) groups excluding carboxylic acids is 2. The molecule has 0 bridgehead atoms. The highest BCUT2D eigenvalue weighted by Gasteiger charge is 2.45. The second-order valence-corrected chi connectivity index (χ2v) is 12.4. The highest BCUT2D eigenvalue weighted by atomic mass is 32.2. The molecule has 2 aliphatic rings. The van der Waals surface area contributed by atoms with Gasteiger partial charge in [0.15, 0.2) is 9.84 Å². The lowest BCUT2D eigenvalue weighted by molar-refractivity contribution is -0.325. The molecule has 42 heavy (non-hydrogen) atoms. The third-order valence-corrected chi connectivity index (χ3v) is 7.60. The molecule has 4 rings (SSSR count). The van der Waals surface area contributed by atoms with Crippen LogP contribution in [0.25, 0.3) is 0 Å². The number of halogens is 6. The molecule has 2 heterocycles. The highest BCUT2D eigenvalue weighted by molar-refractivity contribution is 7.91. The molecule has 17 heteroatoms. The molecule has 2 amide bonds. The van der Waals surface area contributed by atoms with Gasteiger partial charge in [0.2, 0.25) is 5.91 Å². The molecular weight excluding hydrogens is 598 g/mol. The molecule has 1 spiro atoms. The quantitative estimate of drug-likeness (QED) is 0.305. The Labute approximate surface area is 236 Å². The van der Waals surface area contributed by atoms with E-state index < -0.39 is 65.1 Å². The van der Waals surface area contributed by atoms with E-state index in [9.17, 15) is 44.3 Å². The van der Waals surface area contributed by atoms with Gasteiger partial charge in [0.05, 0.1) is 31.0 Å². The van der Waals surface area contributed by atoms with Crippen molar-refractivity contribution in [2.24, 2.45) is 0 Å². The van der Waals surface area contributed by atoms with Gasteiger partial charge in [-0.15, -0.1) is 13.2 Å². The topological polar surface area (TPSA) is 129 Å². The third kappa shape index (κ3) is 7.93. The van der Waals surface area contributed by atoms with E-state index in [0.717, 1.165) is 22.1 Å². The zero-order valence-corrected chi connectivity index (χ0v) is 23.1. The number of benzene rings is 1. The lowest BCUT2D eigenvalue weighted by Crippen LogP contribution is -2.52. The summed E-state index contributed by atoms with van der Waals surface area (Å²) in [6.07, 6.45) is -7.74. The molecule has 1 aromatic heterocycles. The lowest BCUT2D eigenvalue weighted by atomic mass is 9.72. The first-order valence-electron chi connectivity index (χ1n) is 12.9. The van der Waals surface area contributed by atoms with Crippen molar-refractivity contribution < 1.29 is 53.8 Å². The number of nitrogens with zero attached hydrogens (tertiary/aromatic N) is 2. The molecule has 0 radical (unpaired) electrons. The number of hydrogen-bond donors (Lipinski definition) is 2. The van der Waals surface area contributed by atoms with Crippen LogP contribution in [0.15, 0.2) is 18.2 Å². The smallest absolute Gasteiger partial charge is 0.494 e. The van der Waals surface area contributed by atoms with Crippen LogP contribution >= 0.6 is 0 Å². The lowest BCUT2D eigenvalue weighted by Gasteiger charge is -2.42. The van der Waals surface area contributed by atoms with E-state index in [1.165, 1.54) is 0 Å². The fourth-order valence-electron chi connectivity index (χ4n) is 5.25. The van der Waals surface area contributed by atoms with Gasteiger partial charge in [-0.3, -0.25) is 14.3 Å². The third-order valence-electron chi connectivity index (χ3n) is 6.81. The molecule has 1 aliphatic heterocycles. The van der Waals surface area contributed by atoms with Crippen molar-refractivity contribution in [3.63, 3.8) is 0 Å². The summed E-state index contributed by atoms with van der Waals surface area (Å²) in [6, 6.07) is 5.00. The standard InChI is InChI=1S/C25H28F6N4O6S/c1-42(38,39)14-19(36)32-21-20-18(34-35(21)9-11-41-25(29,30)31)13-23(33-22(20)37)7-2-4-15-12-16(5-6-17(15)23)40-10-3-8-24(26,27)28/h5-6,12H,2-4,7-11,13-14H2,1H3,(H,32,36)(H,33,37)/t23-/m0/s1. The number of amides is 2. The first kappa shape index (κ1) is 31.6. The summed E-state index contributed by atoms with van der Waals surface area (Å²) in [4.78, 5) is 25.9.